The van der Waals surface area contributed by atoms with Gasteiger partial charge in [-0.05, 0) is 137 Å². The van der Waals surface area contributed by atoms with Crippen LogP contribution in [0.15, 0.2) is 255 Å². The molecule has 0 N–H and O–H groups in total. The van der Waals surface area contributed by atoms with Crippen molar-refractivity contribution in [1.82, 2.24) is 0 Å². The Hall–Kier alpha value is -8.72. The third-order valence-electron chi connectivity index (χ3n) is 14.6. The lowest BCUT2D eigenvalue weighted by molar-refractivity contribution is 0.660. The van der Waals surface area contributed by atoms with Gasteiger partial charge in [-0.2, -0.15) is 0 Å². The fourth-order valence-corrected chi connectivity index (χ4v) is 11.4. The van der Waals surface area contributed by atoms with Gasteiger partial charge in [-0.15, -0.1) is 0 Å². The molecule has 1 aliphatic carbocycles. The van der Waals surface area contributed by atoms with Crippen molar-refractivity contribution in [2.45, 2.75) is 19.3 Å². The maximum Gasteiger partial charge on any atom is 0.0540 e. The molecule has 0 unspecified atom stereocenters. The molecule has 0 atom stereocenters. The predicted molar refractivity (Wildman–Crippen MR) is 294 cm³/mol. The Labute approximate surface area is 403 Å². The standard InChI is InChI=1S/C67H48N2/c1-67(2)62-31-17-14-29-57(62)58-41-37-51(44-63(58)67)69(65-33-19-16-27-53(65)46-22-8-4-9-23-46)50-36-40-56-60-38-34-47-42-49(35-39-54(47)66(60)59-30-13-12-28-55(59)61(56)43-50)68(48-24-10-5-11-25-48)64-32-18-15-26-52(64)45-20-6-3-7-21-45/h3-44H,1-2H3. The van der Waals surface area contributed by atoms with Gasteiger partial charge in [0.15, 0.2) is 0 Å². The summed E-state index contributed by atoms with van der Waals surface area (Å²) in [4.78, 5) is 4.88. The molecule has 13 rings (SSSR count). The molecule has 0 aliphatic heterocycles. The van der Waals surface area contributed by atoms with Crippen LogP contribution in [-0.4, -0.2) is 0 Å². The van der Waals surface area contributed by atoms with E-state index in [4.69, 9.17) is 0 Å². The summed E-state index contributed by atoms with van der Waals surface area (Å²) < 4.78 is 0. The van der Waals surface area contributed by atoms with E-state index in [9.17, 15) is 0 Å². The van der Waals surface area contributed by atoms with E-state index in [0.717, 1.165) is 34.1 Å². The third-order valence-corrected chi connectivity index (χ3v) is 14.6. The number of nitrogens with zero attached hydrogens (tertiary/aromatic N) is 2. The smallest absolute Gasteiger partial charge is 0.0540 e. The Balaban J connectivity index is 1.00. The van der Waals surface area contributed by atoms with Crippen molar-refractivity contribution in [2.75, 3.05) is 9.80 Å². The molecule has 1 aliphatic rings. The highest BCUT2D eigenvalue weighted by Gasteiger charge is 2.36. The Bertz CT molecular complexity index is 3910. The largest absolute Gasteiger partial charge is 0.310 e. The van der Waals surface area contributed by atoms with Crippen LogP contribution >= 0.6 is 0 Å². The van der Waals surface area contributed by atoms with Crippen LogP contribution in [0, 0.1) is 0 Å². The monoisotopic (exact) mass is 880 g/mol. The molecule has 0 aromatic heterocycles. The van der Waals surface area contributed by atoms with Crippen LogP contribution in [0.1, 0.15) is 25.0 Å². The maximum atomic E-state index is 2.48. The van der Waals surface area contributed by atoms with E-state index >= 15 is 0 Å². The molecule has 0 saturated carbocycles. The van der Waals surface area contributed by atoms with Gasteiger partial charge in [-0.25, -0.2) is 0 Å². The minimum absolute atomic E-state index is 0.138. The molecule has 0 spiro atoms. The molecule has 0 bridgehead atoms. The highest BCUT2D eigenvalue weighted by atomic mass is 15.1. The molecule has 69 heavy (non-hydrogen) atoms. The van der Waals surface area contributed by atoms with Gasteiger partial charge >= 0.3 is 0 Å². The molecule has 0 radical (unpaired) electrons. The molecule has 0 saturated heterocycles. The van der Waals surface area contributed by atoms with Gasteiger partial charge in [0, 0.05) is 39.3 Å². The molecule has 2 nitrogen and oxygen atoms in total. The van der Waals surface area contributed by atoms with Gasteiger partial charge in [-0.1, -0.05) is 208 Å². The normalized spacial score (nSPS) is 12.6. The summed E-state index contributed by atoms with van der Waals surface area (Å²) in [6.07, 6.45) is 0. The summed E-state index contributed by atoms with van der Waals surface area (Å²) in [7, 11) is 0. The molecule has 12 aromatic carbocycles. The Morgan fingerprint density at radius 1 is 0.275 bits per heavy atom. The van der Waals surface area contributed by atoms with Crippen LogP contribution in [0.4, 0.5) is 34.1 Å². The van der Waals surface area contributed by atoms with Crippen LogP contribution in [0.3, 0.4) is 0 Å². The summed E-state index contributed by atoms with van der Waals surface area (Å²) in [5, 5.41) is 9.92. The third kappa shape index (κ3) is 6.63. The molecular weight excluding hydrogens is 833 g/mol. The van der Waals surface area contributed by atoms with Crippen LogP contribution in [-0.2, 0) is 5.41 Å². The molecule has 2 heteroatoms. The van der Waals surface area contributed by atoms with Crippen LogP contribution < -0.4 is 9.80 Å². The SMILES string of the molecule is CC1(C)c2ccccc2-c2ccc(N(c3ccc4c(c3)c3ccccc3c3c5ccc(N(c6ccccc6)c6ccccc6-c6ccccc6)cc5ccc43)c3ccccc3-c3ccccc3)cc21. The van der Waals surface area contributed by atoms with E-state index in [0.29, 0.717) is 0 Å². The first-order chi connectivity index (χ1) is 34.0. The molecular formula is C67H48N2. The first kappa shape index (κ1) is 40.5. The summed E-state index contributed by atoms with van der Waals surface area (Å²) in [5.74, 6) is 0. The van der Waals surface area contributed by atoms with Crippen molar-refractivity contribution < 1.29 is 0 Å². The van der Waals surface area contributed by atoms with Gasteiger partial charge < -0.3 is 9.80 Å². The van der Waals surface area contributed by atoms with Gasteiger partial charge in [0.05, 0.1) is 11.4 Å². The van der Waals surface area contributed by atoms with E-state index in [1.807, 2.05) is 0 Å². The van der Waals surface area contributed by atoms with Crippen molar-refractivity contribution in [3.05, 3.63) is 266 Å². The molecule has 0 amide bonds. The second-order valence-electron chi connectivity index (χ2n) is 18.8. The zero-order valence-electron chi connectivity index (χ0n) is 38.6. The minimum atomic E-state index is -0.138. The molecule has 0 fully saturated rings. The van der Waals surface area contributed by atoms with E-state index in [2.05, 4.69) is 278 Å². The lowest BCUT2D eigenvalue weighted by Gasteiger charge is -2.30. The van der Waals surface area contributed by atoms with Crippen molar-refractivity contribution in [3.63, 3.8) is 0 Å². The number of anilines is 6. The van der Waals surface area contributed by atoms with E-state index < -0.39 is 0 Å². The number of hydrogen-bond donors (Lipinski definition) is 0. The molecule has 12 aromatic rings. The number of benzene rings is 12. The van der Waals surface area contributed by atoms with Gasteiger partial charge in [-0.3, -0.25) is 0 Å². The van der Waals surface area contributed by atoms with Crippen LogP contribution in [0.5, 0.6) is 0 Å². The summed E-state index contributed by atoms with van der Waals surface area (Å²) in [6, 6.07) is 93.7. The summed E-state index contributed by atoms with van der Waals surface area (Å²) >= 11 is 0. The topological polar surface area (TPSA) is 6.48 Å². The van der Waals surface area contributed by atoms with Crippen molar-refractivity contribution in [3.8, 4) is 33.4 Å². The zero-order valence-corrected chi connectivity index (χ0v) is 38.6. The fraction of sp³-hybridized carbons (Fsp3) is 0.0448. The number of hydrogen-bond acceptors (Lipinski definition) is 2. The minimum Gasteiger partial charge on any atom is -0.310 e. The quantitative estimate of drug-likeness (QED) is 0.140. The highest BCUT2D eigenvalue weighted by molar-refractivity contribution is 6.32. The Morgan fingerprint density at radius 3 is 1.41 bits per heavy atom. The van der Waals surface area contributed by atoms with Gasteiger partial charge in [0.25, 0.3) is 0 Å². The Morgan fingerprint density at radius 2 is 0.725 bits per heavy atom. The second kappa shape index (κ2) is 16.3. The van der Waals surface area contributed by atoms with Crippen LogP contribution in [0.25, 0.3) is 76.5 Å². The first-order valence-corrected chi connectivity index (χ1v) is 24.0. The number of para-hydroxylation sites is 3. The van der Waals surface area contributed by atoms with Gasteiger partial charge in [0.1, 0.15) is 0 Å². The lowest BCUT2D eigenvalue weighted by Crippen LogP contribution is -2.16. The summed E-state index contributed by atoms with van der Waals surface area (Å²) in [5.41, 5.74) is 16.7. The van der Waals surface area contributed by atoms with Crippen molar-refractivity contribution in [2.24, 2.45) is 0 Å². The second-order valence-corrected chi connectivity index (χ2v) is 18.8. The van der Waals surface area contributed by atoms with Crippen LogP contribution in [0.2, 0.25) is 0 Å². The molecule has 326 valence electrons. The van der Waals surface area contributed by atoms with E-state index in [1.54, 1.807) is 0 Å². The van der Waals surface area contributed by atoms with Crippen molar-refractivity contribution in [1.29, 1.82) is 0 Å². The summed E-state index contributed by atoms with van der Waals surface area (Å²) in [6.45, 7) is 4.73. The average Bonchev–Trinajstić information content (AvgIpc) is 3.64. The number of fused-ring (bicyclic) bond motifs is 11. The predicted octanol–water partition coefficient (Wildman–Crippen LogP) is 18.9. The fourth-order valence-electron chi connectivity index (χ4n) is 11.4. The van der Waals surface area contributed by atoms with Gasteiger partial charge in [0.2, 0.25) is 0 Å². The van der Waals surface area contributed by atoms with E-state index in [-0.39, 0.29) is 5.41 Å². The van der Waals surface area contributed by atoms with Crippen molar-refractivity contribution >= 4 is 77.2 Å². The first-order valence-electron chi connectivity index (χ1n) is 24.0. The zero-order chi connectivity index (χ0) is 46.1. The highest BCUT2D eigenvalue weighted by Crippen LogP contribution is 2.52. The molecule has 0 heterocycles. The average molecular weight is 881 g/mol. The maximum absolute atomic E-state index is 2.48. The Kier molecular flexibility index (Phi) is 9.55. The number of rotatable bonds is 8. The lowest BCUT2D eigenvalue weighted by atomic mass is 9.82. The van der Waals surface area contributed by atoms with E-state index in [1.165, 1.54) is 87.6 Å².